The van der Waals surface area contributed by atoms with Crippen LogP contribution in [0.3, 0.4) is 0 Å². The Morgan fingerprint density at radius 1 is 1.25 bits per heavy atom. The first-order valence-electron chi connectivity index (χ1n) is 7.45. The number of aromatic amines is 1. The van der Waals surface area contributed by atoms with Gasteiger partial charge in [-0.05, 0) is 37.1 Å². The van der Waals surface area contributed by atoms with Crippen molar-refractivity contribution < 1.29 is 19.0 Å². The van der Waals surface area contributed by atoms with Gasteiger partial charge in [0.1, 0.15) is 11.6 Å². The second-order valence-electron chi connectivity index (χ2n) is 5.47. The van der Waals surface area contributed by atoms with E-state index in [1.165, 1.54) is 0 Å². The summed E-state index contributed by atoms with van der Waals surface area (Å²) in [5, 5.41) is 10.0. The Morgan fingerprint density at radius 3 is 2.88 bits per heavy atom. The van der Waals surface area contributed by atoms with Crippen LogP contribution in [0.25, 0.3) is 22.3 Å². The molecule has 7 nitrogen and oxygen atoms in total. The molecule has 0 atom stereocenters. The number of fused-ring (bicyclic) bond motifs is 1. The Bertz CT molecular complexity index is 907. The maximum Gasteiger partial charge on any atom is 0.450 e. The van der Waals surface area contributed by atoms with Gasteiger partial charge in [-0.2, -0.15) is 5.10 Å². The molecule has 2 aromatic heterocycles. The molecule has 0 bridgehead atoms. The third-order valence-corrected chi connectivity index (χ3v) is 3.69. The Hall–Kier alpha value is -3.16. The van der Waals surface area contributed by atoms with Crippen molar-refractivity contribution in [1.82, 2.24) is 15.2 Å². The zero-order valence-corrected chi connectivity index (χ0v) is 12.5. The number of ether oxygens (including phenoxy) is 1. The van der Waals surface area contributed by atoms with E-state index < -0.39 is 6.09 Å². The van der Waals surface area contributed by atoms with E-state index in [0.29, 0.717) is 5.65 Å². The van der Waals surface area contributed by atoms with Gasteiger partial charge in [0.15, 0.2) is 5.65 Å². The summed E-state index contributed by atoms with van der Waals surface area (Å²) in [6.07, 6.45) is 1.18. The van der Waals surface area contributed by atoms with Crippen LogP contribution < -0.4 is 10.1 Å². The van der Waals surface area contributed by atoms with Crippen LogP contribution in [0.2, 0.25) is 0 Å². The number of rotatable bonds is 4. The molecule has 0 aliphatic heterocycles. The van der Waals surface area contributed by atoms with Crippen molar-refractivity contribution in [3.05, 3.63) is 36.4 Å². The minimum Gasteiger partial charge on any atom is -0.490 e. The number of benzene rings is 1. The van der Waals surface area contributed by atoms with Gasteiger partial charge >= 0.3 is 6.09 Å². The second kappa shape index (κ2) is 5.80. The lowest BCUT2D eigenvalue weighted by Gasteiger charge is -2.09. The Balaban J connectivity index is 1.71. The van der Waals surface area contributed by atoms with E-state index in [0.717, 1.165) is 35.2 Å². The van der Waals surface area contributed by atoms with Crippen molar-refractivity contribution in [2.75, 3.05) is 5.32 Å². The van der Waals surface area contributed by atoms with Crippen LogP contribution in [0.1, 0.15) is 12.8 Å². The predicted molar refractivity (Wildman–Crippen MR) is 84.2 cm³/mol. The zero-order valence-electron chi connectivity index (χ0n) is 12.5. The first-order chi connectivity index (χ1) is 11.7. The summed E-state index contributed by atoms with van der Waals surface area (Å²) in [6.45, 7) is 0. The standard InChI is InChI=1S/C16H13FN4O3/c17-24-16(22)19-13-8-7-11-14(20-21-15(11)18-13)10-3-1-2-4-12(10)23-9-5-6-9/h1-4,7-9H,5-6H2,(H2,18,19,20,21,22). The number of hydrogen-bond donors (Lipinski definition) is 2. The molecule has 122 valence electrons. The number of anilines is 1. The lowest BCUT2D eigenvalue weighted by Crippen LogP contribution is -2.10. The SMILES string of the molecule is O=C(Nc1ccc2c(-c3ccccc3OC3CC3)[nH]nc2n1)OF. The average molecular weight is 328 g/mol. The van der Waals surface area contributed by atoms with Gasteiger partial charge in [0, 0.05) is 15.5 Å². The van der Waals surface area contributed by atoms with Gasteiger partial charge in [0.2, 0.25) is 0 Å². The topological polar surface area (TPSA) is 89.1 Å². The zero-order chi connectivity index (χ0) is 16.5. The summed E-state index contributed by atoms with van der Waals surface area (Å²) >= 11 is 0. The van der Waals surface area contributed by atoms with Crippen molar-refractivity contribution in [3.8, 4) is 17.0 Å². The van der Waals surface area contributed by atoms with Crippen LogP contribution in [-0.4, -0.2) is 27.4 Å². The van der Waals surface area contributed by atoms with Gasteiger partial charge < -0.3 is 4.74 Å². The number of aromatic nitrogens is 3. The van der Waals surface area contributed by atoms with Crippen LogP contribution in [-0.2, 0) is 4.94 Å². The lowest BCUT2D eigenvalue weighted by molar-refractivity contribution is -0.0544. The van der Waals surface area contributed by atoms with Crippen molar-refractivity contribution in [2.45, 2.75) is 18.9 Å². The number of nitrogens with zero attached hydrogens (tertiary/aromatic N) is 2. The first-order valence-corrected chi connectivity index (χ1v) is 7.45. The highest BCUT2D eigenvalue weighted by Crippen LogP contribution is 2.36. The normalized spacial score (nSPS) is 13.7. The number of carbonyl (C=O) groups excluding carboxylic acids is 1. The summed E-state index contributed by atoms with van der Waals surface area (Å²) in [5.74, 6) is 0.930. The van der Waals surface area contributed by atoms with E-state index in [9.17, 15) is 9.32 Å². The lowest BCUT2D eigenvalue weighted by atomic mass is 10.1. The van der Waals surface area contributed by atoms with Crippen LogP contribution in [0.5, 0.6) is 5.75 Å². The molecular weight excluding hydrogens is 315 g/mol. The molecule has 2 heterocycles. The Morgan fingerprint density at radius 2 is 2.08 bits per heavy atom. The van der Waals surface area contributed by atoms with Crippen LogP contribution >= 0.6 is 0 Å². The maximum atomic E-state index is 11.8. The van der Waals surface area contributed by atoms with Crippen molar-refractivity contribution in [1.29, 1.82) is 0 Å². The second-order valence-corrected chi connectivity index (χ2v) is 5.47. The van der Waals surface area contributed by atoms with Gasteiger partial charge in [-0.1, -0.05) is 12.1 Å². The minimum absolute atomic E-state index is 0.144. The molecule has 2 N–H and O–H groups in total. The molecule has 24 heavy (non-hydrogen) atoms. The highest BCUT2D eigenvalue weighted by atomic mass is 19.3. The summed E-state index contributed by atoms with van der Waals surface area (Å²) in [4.78, 5) is 18.1. The molecule has 0 radical (unpaired) electrons. The number of carbonyl (C=O) groups is 1. The smallest absolute Gasteiger partial charge is 0.450 e. The predicted octanol–water partition coefficient (Wildman–Crippen LogP) is 3.60. The van der Waals surface area contributed by atoms with Gasteiger partial charge in [-0.15, -0.1) is 0 Å². The maximum absolute atomic E-state index is 11.8. The molecule has 8 heteroatoms. The molecule has 4 rings (SSSR count). The highest BCUT2D eigenvalue weighted by Gasteiger charge is 2.25. The summed E-state index contributed by atoms with van der Waals surface area (Å²) < 4.78 is 17.7. The Labute approximate surface area is 135 Å². The van der Waals surface area contributed by atoms with Crippen LogP contribution in [0.15, 0.2) is 36.4 Å². The van der Waals surface area contributed by atoms with Crippen LogP contribution in [0, 0.1) is 0 Å². The number of para-hydroxylation sites is 1. The van der Waals surface area contributed by atoms with Gasteiger partial charge in [0.05, 0.1) is 11.8 Å². The number of nitrogens with one attached hydrogen (secondary N) is 2. The highest BCUT2D eigenvalue weighted by molar-refractivity contribution is 5.94. The molecule has 0 saturated heterocycles. The van der Waals surface area contributed by atoms with E-state index >= 15 is 0 Å². The monoisotopic (exact) mass is 328 g/mol. The van der Waals surface area contributed by atoms with E-state index in [1.807, 2.05) is 24.3 Å². The van der Waals surface area contributed by atoms with Crippen molar-refractivity contribution >= 4 is 22.9 Å². The third-order valence-electron chi connectivity index (χ3n) is 3.69. The van der Waals surface area contributed by atoms with E-state index in [4.69, 9.17) is 4.74 Å². The van der Waals surface area contributed by atoms with Gasteiger partial charge in [0.25, 0.3) is 0 Å². The molecule has 1 aliphatic rings. The van der Waals surface area contributed by atoms with Gasteiger partial charge in [-0.25, -0.2) is 14.7 Å². The van der Waals surface area contributed by atoms with Crippen molar-refractivity contribution in [2.24, 2.45) is 0 Å². The van der Waals surface area contributed by atoms with Gasteiger partial charge in [-0.3, -0.25) is 10.4 Å². The summed E-state index contributed by atoms with van der Waals surface area (Å²) in [6, 6.07) is 11.0. The number of H-pyrrole nitrogens is 1. The molecule has 0 unspecified atom stereocenters. The number of pyridine rings is 1. The van der Waals surface area contributed by atoms with Crippen LogP contribution in [0.4, 0.5) is 15.1 Å². The van der Waals surface area contributed by atoms with E-state index in [-0.39, 0.29) is 11.9 Å². The van der Waals surface area contributed by atoms with E-state index in [2.05, 4.69) is 25.4 Å². The summed E-state index contributed by atoms with van der Waals surface area (Å²) in [5.41, 5.74) is 2.05. The fourth-order valence-corrected chi connectivity index (χ4v) is 2.44. The minimum atomic E-state index is -1.24. The number of halogens is 1. The quantitative estimate of drug-likeness (QED) is 0.764. The third kappa shape index (κ3) is 2.73. The fourth-order valence-electron chi connectivity index (χ4n) is 2.44. The first kappa shape index (κ1) is 14.4. The number of hydrogen-bond acceptors (Lipinski definition) is 5. The molecule has 1 aliphatic carbocycles. The van der Waals surface area contributed by atoms with Crippen molar-refractivity contribution in [3.63, 3.8) is 0 Å². The molecular formula is C16H13FN4O3. The largest absolute Gasteiger partial charge is 0.490 e. The average Bonchev–Trinajstić information content (AvgIpc) is 3.32. The number of amides is 1. The molecule has 1 amide bonds. The van der Waals surface area contributed by atoms with E-state index in [1.54, 1.807) is 12.1 Å². The molecule has 3 aromatic rings. The molecule has 1 saturated carbocycles. The Kier molecular flexibility index (Phi) is 3.49. The molecule has 0 spiro atoms. The fraction of sp³-hybridized carbons (Fsp3) is 0.188. The summed E-state index contributed by atoms with van der Waals surface area (Å²) in [7, 11) is 0. The molecule has 1 aromatic carbocycles. The molecule has 1 fully saturated rings.